The van der Waals surface area contributed by atoms with Crippen LogP contribution in [0, 0.1) is 0 Å². The maximum Gasteiger partial charge on any atom is 0.272 e. The van der Waals surface area contributed by atoms with Gasteiger partial charge in [0.1, 0.15) is 5.00 Å². The molecule has 28 heavy (non-hydrogen) atoms. The van der Waals surface area contributed by atoms with E-state index in [-0.39, 0.29) is 17.7 Å². The number of fused-ring (bicyclic) bond motifs is 1. The zero-order chi connectivity index (χ0) is 19.9. The second-order valence-electron chi connectivity index (χ2n) is 6.94. The quantitative estimate of drug-likeness (QED) is 0.532. The number of nitrogens with one attached hydrogen (secondary N) is 3. The first kappa shape index (κ1) is 20.1. The molecular weight excluding hydrogens is 374 g/mol. The Balaban J connectivity index is 1.76. The van der Waals surface area contributed by atoms with Gasteiger partial charge in [0.15, 0.2) is 0 Å². The number of carbonyl (C=O) groups excluding carboxylic acids is 3. The Morgan fingerprint density at radius 1 is 1.00 bits per heavy atom. The van der Waals surface area contributed by atoms with Gasteiger partial charge >= 0.3 is 0 Å². The molecule has 3 rings (SSSR count). The average Bonchev–Trinajstić information content (AvgIpc) is 2.85. The Bertz CT molecular complexity index is 861. The molecule has 1 heterocycles. The normalized spacial score (nSPS) is 13.2. The van der Waals surface area contributed by atoms with Gasteiger partial charge in [0.05, 0.1) is 5.56 Å². The SMILES string of the molecule is CC(=O)NNC(=O)c1c(NC(=O)CCc2ccccc2)sc2c1CCCCC2. The summed E-state index contributed by atoms with van der Waals surface area (Å²) in [5, 5.41) is 3.51. The van der Waals surface area contributed by atoms with Crippen molar-refractivity contribution in [3.63, 3.8) is 0 Å². The monoisotopic (exact) mass is 399 g/mol. The minimum absolute atomic E-state index is 0.117. The second kappa shape index (κ2) is 9.50. The standard InChI is InChI=1S/C21H25N3O3S/c1-14(25)23-24-20(27)19-16-10-6-3-7-11-17(16)28-21(19)22-18(26)13-12-15-8-4-2-5-9-15/h2,4-5,8-9H,3,6-7,10-13H2,1H3,(H,22,26)(H,23,25)(H,24,27). The number of rotatable bonds is 5. The predicted molar refractivity (Wildman–Crippen MR) is 110 cm³/mol. The van der Waals surface area contributed by atoms with Gasteiger partial charge in [-0.05, 0) is 43.2 Å². The van der Waals surface area contributed by atoms with Crippen LogP contribution in [0.3, 0.4) is 0 Å². The van der Waals surface area contributed by atoms with E-state index in [9.17, 15) is 14.4 Å². The minimum Gasteiger partial charge on any atom is -0.317 e. The third kappa shape index (κ3) is 5.19. The van der Waals surface area contributed by atoms with E-state index in [1.54, 1.807) is 0 Å². The average molecular weight is 400 g/mol. The van der Waals surface area contributed by atoms with Crippen molar-refractivity contribution in [3.05, 3.63) is 51.9 Å². The summed E-state index contributed by atoms with van der Waals surface area (Å²) < 4.78 is 0. The number of hydrogen-bond donors (Lipinski definition) is 3. The van der Waals surface area contributed by atoms with E-state index < -0.39 is 0 Å². The molecule has 3 N–H and O–H groups in total. The van der Waals surface area contributed by atoms with Crippen molar-refractivity contribution in [3.8, 4) is 0 Å². The van der Waals surface area contributed by atoms with Crippen molar-refractivity contribution in [2.75, 3.05) is 5.32 Å². The summed E-state index contributed by atoms with van der Waals surface area (Å²) in [6.45, 7) is 1.33. The number of aryl methyl sites for hydroxylation is 2. The first-order chi connectivity index (χ1) is 13.5. The maximum atomic E-state index is 12.7. The fraction of sp³-hybridized carbons (Fsp3) is 0.381. The van der Waals surface area contributed by atoms with Gasteiger partial charge in [0.2, 0.25) is 11.8 Å². The molecule has 1 aliphatic carbocycles. The van der Waals surface area contributed by atoms with E-state index >= 15 is 0 Å². The Labute approximate surface area is 168 Å². The molecule has 0 saturated heterocycles. The molecule has 0 radical (unpaired) electrons. The molecular formula is C21H25N3O3S. The van der Waals surface area contributed by atoms with Gasteiger partial charge in [-0.1, -0.05) is 36.8 Å². The molecule has 3 amide bonds. The summed E-state index contributed by atoms with van der Waals surface area (Å²) >= 11 is 1.48. The highest BCUT2D eigenvalue weighted by atomic mass is 32.1. The fourth-order valence-corrected chi connectivity index (χ4v) is 4.67. The number of anilines is 1. The number of benzene rings is 1. The summed E-state index contributed by atoms with van der Waals surface area (Å²) in [4.78, 5) is 37.5. The zero-order valence-corrected chi connectivity index (χ0v) is 16.8. The molecule has 7 heteroatoms. The van der Waals surface area contributed by atoms with E-state index in [1.807, 2.05) is 30.3 Å². The smallest absolute Gasteiger partial charge is 0.272 e. The number of carbonyl (C=O) groups is 3. The predicted octanol–water partition coefficient (Wildman–Crippen LogP) is 3.37. The van der Waals surface area contributed by atoms with E-state index in [1.165, 1.54) is 18.3 Å². The van der Waals surface area contributed by atoms with Crippen LogP contribution >= 0.6 is 11.3 Å². The van der Waals surface area contributed by atoms with Crippen LogP contribution in [-0.2, 0) is 28.9 Å². The molecule has 0 atom stereocenters. The van der Waals surface area contributed by atoms with Crippen LogP contribution in [0.5, 0.6) is 0 Å². The molecule has 0 bridgehead atoms. The molecule has 0 aliphatic heterocycles. The molecule has 0 unspecified atom stereocenters. The third-order valence-corrected chi connectivity index (χ3v) is 5.94. The molecule has 0 saturated carbocycles. The lowest BCUT2D eigenvalue weighted by molar-refractivity contribution is -0.119. The molecule has 0 spiro atoms. The van der Waals surface area contributed by atoms with Crippen LogP contribution < -0.4 is 16.2 Å². The summed E-state index contributed by atoms with van der Waals surface area (Å²) in [6, 6.07) is 9.84. The first-order valence-corrected chi connectivity index (χ1v) is 10.4. The highest BCUT2D eigenvalue weighted by Crippen LogP contribution is 2.37. The van der Waals surface area contributed by atoms with Gasteiger partial charge in [-0.25, -0.2) is 0 Å². The lowest BCUT2D eigenvalue weighted by atomic mass is 10.0. The molecule has 1 aromatic carbocycles. The van der Waals surface area contributed by atoms with Gasteiger partial charge in [-0.2, -0.15) is 0 Å². The molecule has 1 aromatic heterocycles. The molecule has 0 fully saturated rings. The summed E-state index contributed by atoms with van der Waals surface area (Å²) in [5.74, 6) is -0.843. The van der Waals surface area contributed by atoms with Crippen LogP contribution in [0.2, 0.25) is 0 Å². The number of hydrogen-bond acceptors (Lipinski definition) is 4. The van der Waals surface area contributed by atoms with Gasteiger partial charge < -0.3 is 5.32 Å². The number of thiophene rings is 1. The van der Waals surface area contributed by atoms with E-state index in [0.717, 1.165) is 48.1 Å². The highest BCUT2D eigenvalue weighted by Gasteiger charge is 2.25. The number of hydrazine groups is 1. The molecule has 148 valence electrons. The van der Waals surface area contributed by atoms with Crippen LogP contribution in [0.25, 0.3) is 0 Å². The molecule has 2 aromatic rings. The largest absolute Gasteiger partial charge is 0.317 e. The van der Waals surface area contributed by atoms with Gasteiger partial charge in [-0.3, -0.25) is 25.2 Å². The van der Waals surface area contributed by atoms with Gasteiger partial charge in [0, 0.05) is 18.2 Å². The Hall–Kier alpha value is -2.67. The van der Waals surface area contributed by atoms with Crippen molar-refractivity contribution >= 4 is 34.1 Å². The Morgan fingerprint density at radius 3 is 2.50 bits per heavy atom. The van der Waals surface area contributed by atoms with Crippen LogP contribution in [-0.4, -0.2) is 17.7 Å². The van der Waals surface area contributed by atoms with Crippen LogP contribution in [0.4, 0.5) is 5.00 Å². The highest BCUT2D eigenvalue weighted by molar-refractivity contribution is 7.17. The van der Waals surface area contributed by atoms with Crippen molar-refractivity contribution in [2.24, 2.45) is 0 Å². The summed E-state index contributed by atoms with van der Waals surface area (Å²) in [6.07, 6.45) is 5.96. The van der Waals surface area contributed by atoms with Crippen molar-refractivity contribution in [1.29, 1.82) is 0 Å². The van der Waals surface area contributed by atoms with Crippen molar-refractivity contribution < 1.29 is 14.4 Å². The van der Waals surface area contributed by atoms with Gasteiger partial charge in [0.25, 0.3) is 5.91 Å². The first-order valence-electron chi connectivity index (χ1n) is 9.60. The van der Waals surface area contributed by atoms with E-state index in [0.29, 0.717) is 23.4 Å². The molecule has 6 nitrogen and oxygen atoms in total. The second-order valence-corrected chi connectivity index (χ2v) is 8.04. The van der Waals surface area contributed by atoms with Crippen LogP contribution in [0.15, 0.2) is 30.3 Å². The maximum absolute atomic E-state index is 12.7. The Morgan fingerprint density at radius 2 is 1.75 bits per heavy atom. The minimum atomic E-state index is -0.382. The lowest BCUT2D eigenvalue weighted by Crippen LogP contribution is -2.40. The summed E-state index contributed by atoms with van der Waals surface area (Å²) in [5.41, 5.74) is 7.37. The summed E-state index contributed by atoms with van der Waals surface area (Å²) in [7, 11) is 0. The van der Waals surface area contributed by atoms with Gasteiger partial charge in [-0.15, -0.1) is 11.3 Å². The van der Waals surface area contributed by atoms with Crippen LogP contribution in [0.1, 0.15) is 59.0 Å². The Kier molecular flexibility index (Phi) is 6.81. The van der Waals surface area contributed by atoms with Crippen molar-refractivity contribution in [2.45, 2.75) is 51.9 Å². The van der Waals surface area contributed by atoms with E-state index in [4.69, 9.17) is 0 Å². The fourth-order valence-electron chi connectivity index (χ4n) is 3.37. The van der Waals surface area contributed by atoms with Crippen molar-refractivity contribution in [1.82, 2.24) is 10.9 Å². The lowest BCUT2D eigenvalue weighted by Gasteiger charge is -2.10. The third-order valence-electron chi connectivity index (χ3n) is 4.74. The zero-order valence-electron chi connectivity index (χ0n) is 16.0. The van der Waals surface area contributed by atoms with E-state index in [2.05, 4.69) is 16.2 Å². The molecule has 1 aliphatic rings. The topological polar surface area (TPSA) is 87.3 Å². The number of amides is 3.